The van der Waals surface area contributed by atoms with E-state index in [1.54, 1.807) is 0 Å². The van der Waals surface area contributed by atoms with Crippen molar-refractivity contribution in [2.24, 2.45) is 16.8 Å². The van der Waals surface area contributed by atoms with E-state index >= 15 is 0 Å². The summed E-state index contributed by atoms with van der Waals surface area (Å²) in [6.07, 6.45) is 4.29. The van der Waals surface area contributed by atoms with Crippen molar-refractivity contribution in [1.29, 1.82) is 0 Å². The van der Waals surface area contributed by atoms with E-state index in [1.807, 2.05) is 60.8 Å². The number of hydrogen-bond acceptors (Lipinski definition) is 7. The number of nitrogens with one attached hydrogen (secondary N) is 3. The molecule has 8 heteroatoms. The minimum absolute atomic E-state index is 0.297. The Kier molecular flexibility index (Phi) is 6.56. The first-order valence-electron chi connectivity index (χ1n) is 10.5. The van der Waals surface area contributed by atoms with Gasteiger partial charge in [-0.25, -0.2) is 5.53 Å². The van der Waals surface area contributed by atoms with Crippen molar-refractivity contribution in [3.8, 4) is 11.5 Å². The average molecular weight is 404 g/mol. The SMILES string of the molecule is BN1CCC(CNC2=NNNC=C2C(N)c2ccc(Oc3ccccc3)cc2)CC1. The number of benzene rings is 2. The molecule has 2 aromatic carbocycles. The van der Waals surface area contributed by atoms with Crippen molar-refractivity contribution >= 4 is 13.8 Å². The monoisotopic (exact) mass is 404 g/mol. The van der Waals surface area contributed by atoms with Crippen molar-refractivity contribution < 1.29 is 4.74 Å². The van der Waals surface area contributed by atoms with E-state index < -0.39 is 0 Å². The van der Waals surface area contributed by atoms with Crippen LogP contribution in [0.25, 0.3) is 0 Å². The van der Waals surface area contributed by atoms with Crippen molar-refractivity contribution in [2.75, 3.05) is 19.6 Å². The second-order valence-corrected chi connectivity index (χ2v) is 7.91. The molecule has 7 nitrogen and oxygen atoms in total. The smallest absolute Gasteiger partial charge is 0.185 e. The molecule has 2 aliphatic rings. The van der Waals surface area contributed by atoms with Gasteiger partial charge in [0.2, 0.25) is 0 Å². The van der Waals surface area contributed by atoms with Gasteiger partial charge in [-0.15, -0.1) is 5.10 Å². The van der Waals surface area contributed by atoms with Gasteiger partial charge in [0.25, 0.3) is 0 Å². The molecular weight excluding hydrogens is 375 g/mol. The lowest BCUT2D eigenvalue weighted by Crippen LogP contribution is -2.42. The van der Waals surface area contributed by atoms with Crippen LogP contribution in [0.15, 0.2) is 71.5 Å². The third-order valence-corrected chi connectivity index (χ3v) is 5.68. The Morgan fingerprint density at radius 1 is 1.10 bits per heavy atom. The number of amidine groups is 1. The zero-order valence-corrected chi connectivity index (χ0v) is 17.3. The first kappa shape index (κ1) is 20.3. The maximum atomic E-state index is 6.59. The molecule has 0 spiro atoms. The number of hydrogen-bond donors (Lipinski definition) is 4. The van der Waals surface area contributed by atoms with Crippen molar-refractivity contribution in [3.63, 3.8) is 0 Å². The summed E-state index contributed by atoms with van der Waals surface area (Å²) in [4.78, 5) is 2.38. The Bertz CT molecular complexity index is 878. The van der Waals surface area contributed by atoms with Gasteiger partial charge in [0.05, 0.1) is 6.04 Å². The number of nitrogens with zero attached hydrogens (tertiary/aromatic N) is 2. The highest BCUT2D eigenvalue weighted by Crippen LogP contribution is 2.26. The van der Waals surface area contributed by atoms with Gasteiger partial charge < -0.3 is 20.6 Å². The predicted molar refractivity (Wildman–Crippen MR) is 123 cm³/mol. The van der Waals surface area contributed by atoms with E-state index in [0.29, 0.717) is 5.92 Å². The fraction of sp³-hybridized carbons (Fsp3) is 0.318. The first-order valence-corrected chi connectivity index (χ1v) is 10.5. The normalized spacial score (nSPS) is 18.4. The second kappa shape index (κ2) is 9.69. The van der Waals surface area contributed by atoms with Gasteiger partial charge in [0, 0.05) is 18.3 Å². The second-order valence-electron chi connectivity index (χ2n) is 7.91. The largest absolute Gasteiger partial charge is 0.457 e. The number of hydrazine groups is 1. The van der Waals surface area contributed by atoms with E-state index in [1.165, 1.54) is 12.8 Å². The zero-order valence-electron chi connectivity index (χ0n) is 17.3. The van der Waals surface area contributed by atoms with Crippen LogP contribution in [-0.4, -0.2) is 38.3 Å². The fourth-order valence-electron chi connectivity index (χ4n) is 3.76. The summed E-state index contributed by atoms with van der Waals surface area (Å²) in [5.41, 5.74) is 14.3. The van der Waals surface area contributed by atoms with E-state index in [4.69, 9.17) is 10.5 Å². The molecule has 0 aromatic heterocycles. The molecule has 0 bridgehead atoms. The highest BCUT2D eigenvalue weighted by molar-refractivity contribution is 6.04. The molecule has 0 amide bonds. The van der Waals surface area contributed by atoms with Crippen LogP contribution < -0.4 is 26.7 Å². The number of piperidine rings is 1. The van der Waals surface area contributed by atoms with Crippen molar-refractivity contribution in [3.05, 3.63) is 71.9 Å². The molecule has 156 valence electrons. The predicted octanol–water partition coefficient (Wildman–Crippen LogP) is 1.63. The van der Waals surface area contributed by atoms with Gasteiger partial charge in [0.15, 0.2) is 13.8 Å². The minimum Gasteiger partial charge on any atom is -0.457 e. The molecule has 2 heterocycles. The number of para-hydroxylation sites is 1. The van der Waals surface area contributed by atoms with Crippen LogP contribution >= 0.6 is 0 Å². The van der Waals surface area contributed by atoms with Crippen LogP contribution in [0.5, 0.6) is 11.5 Å². The lowest BCUT2D eigenvalue weighted by atomic mass is 9.94. The standard InChI is InChI=1S/C22H29BN6O/c23-29-12-10-16(11-13-29)14-25-22-20(15-26-28-27-22)21(24)17-6-8-19(9-7-17)30-18-4-2-1-3-5-18/h1-9,15-16,21,26,28H,10-14,23-24H2,(H,25,27). The Morgan fingerprint density at radius 2 is 1.80 bits per heavy atom. The van der Waals surface area contributed by atoms with E-state index in [9.17, 15) is 0 Å². The first-order chi connectivity index (χ1) is 14.7. The van der Waals surface area contributed by atoms with Crippen LogP contribution in [0.2, 0.25) is 0 Å². The summed E-state index contributed by atoms with van der Waals surface area (Å²) in [6, 6.07) is 17.3. The van der Waals surface area contributed by atoms with Crippen LogP contribution in [0, 0.1) is 5.92 Å². The quantitative estimate of drug-likeness (QED) is 0.548. The van der Waals surface area contributed by atoms with Gasteiger partial charge in [-0.1, -0.05) is 30.3 Å². The molecule has 1 unspecified atom stereocenters. The Morgan fingerprint density at radius 3 is 2.53 bits per heavy atom. The molecule has 0 radical (unpaired) electrons. The van der Waals surface area contributed by atoms with Gasteiger partial charge in [-0.05, 0) is 61.7 Å². The highest BCUT2D eigenvalue weighted by Gasteiger charge is 2.22. The van der Waals surface area contributed by atoms with E-state index in [-0.39, 0.29) is 6.04 Å². The summed E-state index contributed by atoms with van der Waals surface area (Å²) in [7, 11) is 2.18. The van der Waals surface area contributed by atoms with Crippen molar-refractivity contribution in [2.45, 2.75) is 18.9 Å². The third-order valence-electron chi connectivity index (χ3n) is 5.68. The summed E-state index contributed by atoms with van der Waals surface area (Å²) in [6.45, 7) is 3.21. The van der Waals surface area contributed by atoms with E-state index in [0.717, 1.165) is 48.1 Å². The number of ether oxygens (including phenoxy) is 1. The topological polar surface area (TPSA) is 86.9 Å². The molecule has 1 saturated heterocycles. The summed E-state index contributed by atoms with van der Waals surface area (Å²) >= 11 is 0. The zero-order chi connectivity index (χ0) is 20.8. The molecule has 0 saturated carbocycles. The summed E-state index contributed by atoms with van der Waals surface area (Å²) < 4.78 is 5.88. The Balaban J connectivity index is 1.38. The average Bonchev–Trinajstić information content (AvgIpc) is 2.80. The van der Waals surface area contributed by atoms with Crippen molar-refractivity contribution in [1.82, 2.24) is 21.1 Å². The lowest BCUT2D eigenvalue weighted by Gasteiger charge is -2.30. The molecule has 2 aromatic rings. The molecule has 1 atom stereocenters. The van der Waals surface area contributed by atoms with Crippen LogP contribution in [0.4, 0.5) is 0 Å². The molecule has 4 rings (SSSR count). The molecular formula is C22H29BN6O. The molecule has 1 fully saturated rings. The summed E-state index contributed by atoms with van der Waals surface area (Å²) in [5.74, 6) is 3.05. The summed E-state index contributed by atoms with van der Waals surface area (Å²) in [5, 5.41) is 7.90. The third kappa shape index (κ3) is 5.14. The van der Waals surface area contributed by atoms with Crippen LogP contribution in [0.1, 0.15) is 24.4 Å². The number of hydrazone groups is 1. The van der Waals surface area contributed by atoms with Gasteiger partial charge in [0.1, 0.15) is 11.5 Å². The van der Waals surface area contributed by atoms with Gasteiger partial charge in [-0.2, -0.15) is 0 Å². The lowest BCUT2D eigenvalue weighted by molar-refractivity contribution is 0.282. The maximum absolute atomic E-state index is 6.59. The maximum Gasteiger partial charge on any atom is 0.185 e. The number of nitrogens with two attached hydrogens (primary N) is 1. The van der Waals surface area contributed by atoms with Gasteiger partial charge in [-0.3, -0.25) is 5.43 Å². The Labute approximate surface area is 178 Å². The van der Waals surface area contributed by atoms with Crippen LogP contribution in [-0.2, 0) is 0 Å². The van der Waals surface area contributed by atoms with Gasteiger partial charge >= 0.3 is 0 Å². The molecule has 30 heavy (non-hydrogen) atoms. The van der Waals surface area contributed by atoms with E-state index in [2.05, 4.69) is 34.2 Å². The Hall–Kier alpha value is -2.97. The number of rotatable bonds is 6. The van der Waals surface area contributed by atoms with Crippen LogP contribution in [0.3, 0.4) is 0 Å². The highest BCUT2D eigenvalue weighted by atomic mass is 16.5. The molecule has 5 N–H and O–H groups in total. The minimum atomic E-state index is -0.297. The molecule has 2 aliphatic heterocycles. The molecule has 0 aliphatic carbocycles. The fourth-order valence-corrected chi connectivity index (χ4v) is 3.76.